The van der Waals surface area contributed by atoms with Crippen LogP contribution in [0.1, 0.15) is 44.2 Å². The van der Waals surface area contributed by atoms with Crippen LogP contribution in [0.15, 0.2) is 29.4 Å². The summed E-state index contributed by atoms with van der Waals surface area (Å²) in [4.78, 5) is 13.9. The van der Waals surface area contributed by atoms with Crippen LogP contribution in [-0.2, 0) is 11.2 Å². The molecule has 9 nitrogen and oxygen atoms in total. The standard InChI is InChI=1S/C25H36N6O3/c1-3-10-31(11-4-2)24-18-23(26-25(27-24)34-17-14-30-12-15-33-16-13-30)29-28-21-9-8-20-19(21)6-5-7-22(20)32/h5-7,18,32H,3-4,8-17H2,1-2H3,(H,26,27,29)/b28-21+. The van der Waals surface area contributed by atoms with Crippen LogP contribution in [0.4, 0.5) is 11.6 Å². The Morgan fingerprint density at radius 1 is 1.15 bits per heavy atom. The average Bonchev–Trinajstić information content (AvgIpc) is 3.28. The monoisotopic (exact) mass is 468 g/mol. The van der Waals surface area contributed by atoms with Crippen molar-refractivity contribution in [2.75, 3.05) is 62.9 Å². The van der Waals surface area contributed by atoms with Gasteiger partial charge >= 0.3 is 6.01 Å². The van der Waals surface area contributed by atoms with E-state index in [1.54, 1.807) is 6.07 Å². The Labute approximate surface area is 201 Å². The van der Waals surface area contributed by atoms with Crippen LogP contribution in [0, 0.1) is 0 Å². The molecule has 2 heterocycles. The average molecular weight is 469 g/mol. The molecule has 1 saturated heterocycles. The molecule has 2 aromatic rings. The normalized spacial score (nSPS) is 17.1. The van der Waals surface area contributed by atoms with E-state index in [1.807, 2.05) is 18.2 Å². The summed E-state index contributed by atoms with van der Waals surface area (Å²) in [5, 5.41) is 14.7. The quantitative estimate of drug-likeness (QED) is 0.485. The van der Waals surface area contributed by atoms with E-state index >= 15 is 0 Å². The van der Waals surface area contributed by atoms with Gasteiger partial charge in [0.05, 0.1) is 18.9 Å². The molecule has 184 valence electrons. The van der Waals surface area contributed by atoms with Gasteiger partial charge in [-0.25, -0.2) is 0 Å². The second-order valence-corrected chi connectivity index (χ2v) is 8.66. The number of phenolic OH excluding ortho intramolecular Hbond substituents is 1. The number of hydrazone groups is 1. The predicted molar refractivity (Wildman–Crippen MR) is 134 cm³/mol. The minimum absolute atomic E-state index is 0.331. The van der Waals surface area contributed by atoms with Crippen LogP contribution in [0.3, 0.4) is 0 Å². The molecule has 0 spiro atoms. The van der Waals surface area contributed by atoms with Gasteiger partial charge in [0.2, 0.25) is 0 Å². The third kappa shape index (κ3) is 6.15. The molecule has 0 radical (unpaired) electrons. The lowest BCUT2D eigenvalue weighted by Crippen LogP contribution is -2.38. The first-order valence-electron chi connectivity index (χ1n) is 12.4. The molecule has 34 heavy (non-hydrogen) atoms. The topological polar surface area (TPSA) is 95.3 Å². The number of aromatic hydroxyl groups is 1. The first kappa shape index (κ1) is 24.2. The second-order valence-electron chi connectivity index (χ2n) is 8.66. The van der Waals surface area contributed by atoms with Crippen molar-refractivity contribution in [3.8, 4) is 11.8 Å². The number of rotatable bonds is 11. The first-order chi connectivity index (χ1) is 16.7. The highest BCUT2D eigenvalue weighted by molar-refractivity contribution is 6.05. The Balaban J connectivity index is 1.51. The van der Waals surface area contributed by atoms with Crippen molar-refractivity contribution in [2.24, 2.45) is 5.10 Å². The van der Waals surface area contributed by atoms with Crippen LogP contribution in [0.5, 0.6) is 11.8 Å². The van der Waals surface area contributed by atoms with E-state index in [0.29, 0.717) is 24.2 Å². The molecule has 0 saturated carbocycles. The van der Waals surface area contributed by atoms with Crippen molar-refractivity contribution < 1.29 is 14.6 Å². The largest absolute Gasteiger partial charge is 0.508 e. The number of nitrogens with zero attached hydrogens (tertiary/aromatic N) is 5. The van der Waals surface area contributed by atoms with Crippen molar-refractivity contribution >= 4 is 17.3 Å². The first-order valence-corrected chi connectivity index (χ1v) is 12.4. The van der Waals surface area contributed by atoms with Gasteiger partial charge in [-0.1, -0.05) is 26.0 Å². The SMILES string of the molecule is CCCN(CCC)c1cc(N/N=C2\CCc3c(O)cccc32)nc(OCCN2CCOCC2)n1. The second kappa shape index (κ2) is 12.0. The Bertz CT molecular complexity index is 971. The van der Waals surface area contributed by atoms with Gasteiger partial charge in [-0.2, -0.15) is 15.1 Å². The molecular weight excluding hydrogens is 432 g/mol. The van der Waals surface area contributed by atoms with E-state index < -0.39 is 0 Å². The number of hydrogen-bond acceptors (Lipinski definition) is 9. The van der Waals surface area contributed by atoms with E-state index in [4.69, 9.17) is 14.5 Å². The summed E-state index contributed by atoms with van der Waals surface area (Å²) >= 11 is 0. The maximum atomic E-state index is 10.1. The molecule has 1 fully saturated rings. The van der Waals surface area contributed by atoms with E-state index in [-0.39, 0.29) is 0 Å². The summed E-state index contributed by atoms with van der Waals surface area (Å²) in [6.45, 7) is 10.9. The zero-order valence-corrected chi connectivity index (χ0v) is 20.3. The molecule has 1 aromatic carbocycles. The highest BCUT2D eigenvalue weighted by Crippen LogP contribution is 2.30. The van der Waals surface area contributed by atoms with Gasteiger partial charge in [0.15, 0.2) is 5.82 Å². The third-order valence-electron chi connectivity index (χ3n) is 6.12. The Hall–Kier alpha value is -2.91. The number of anilines is 2. The Morgan fingerprint density at radius 2 is 1.94 bits per heavy atom. The minimum atomic E-state index is 0.331. The van der Waals surface area contributed by atoms with Crippen LogP contribution in [-0.4, -0.2) is 78.2 Å². The fourth-order valence-corrected chi connectivity index (χ4v) is 4.39. The van der Waals surface area contributed by atoms with Gasteiger partial charge < -0.3 is 19.5 Å². The van der Waals surface area contributed by atoms with Crippen LogP contribution < -0.4 is 15.1 Å². The van der Waals surface area contributed by atoms with E-state index in [9.17, 15) is 5.11 Å². The van der Waals surface area contributed by atoms with Crippen molar-refractivity contribution in [1.29, 1.82) is 0 Å². The van der Waals surface area contributed by atoms with E-state index in [1.165, 1.54) is 0 Å². The highest BCUT2D eigenvalue weighted by Gasteiger charge is 2.21. The van der Waals surface area contributed by atoms with Gasteiger partial charge in [0.1, 0.15) is 18.2 Å². The Morgan fingerprint density at radius 3 is 2.71 bits per heavy atom. The zero-order chi connectivity index (χ0) is 23.8. The summed E-state index contributed by atoms with van der Waals surface area (Å²) in [6, 6.07) is 7.87. The van der Waals surface area contributed by atoms with Crippen LogP contribution in [0.2, 0.25) is 0 Å². The number of benzene rings is 1. The fourth-order valence-electron chi connectivity index (χ4n) is 4.39. The molecule has 0 atom stereocenters. The summed E-state index contributed by atoms with van der Waals surface area (Å²) in [6.07, 6.45) is 3.62. The fraction of sp³-hybridized carbons (Fsp3) is 0.560. The Kier molecular flexibility index (Phi) is 8.54. The van der Waals surface area contributed by atoms with Crippen molar-refractivity contribution in [1.82, 2.24) is 14.9 Å². The lowest BCUT2D eigenvalue weighted by atomic mass is 10.1. The van der Waals surface area contributed by atoms with Gasteiger partial charge in [-0.15, -0.1) is 0 Å². The molecule has 4 rings (SSSR count). The number of morpholine rings is 1. The molecule has 9 heteroatoms. The maximum absolute atomic E-state index is 10.1. The number of ether oxygens (including phenoxy) is 2. The van der Waals surface area contributed by atoms with Gasteiger partial charge in [-0.3, -0.25) is 10.3 Å². The number of nitrogens with one attached hydrogen (secondary N) is 1. The van der Waals surface area contributed by atoms with Gasteiger partial charge in [-0.05, 0) is 31.7 Å². The number of hydrogen-bond donors (Lipinski definition) is 2. The smallest absolute Gasteiger partial charge is 0.320 e. The van der Waals surface area contributed by atoms with Crippen molar-refractivity contribution in [3.63, 3.8) is 0 Å². The lowest BCUT2D eigenvalue weighted by molar-refractivity contribution is 0.0317. The summed E-state index contributed by atoms with van der Waals surface area (Å²) in [7, 11) is 0. The van der Waals surface area contributed by atoms with Crippen molar-refractivity contribution in [2.45, 2.75) is 39.5 Å². The summed E-state index contributed by atoms with van der Waals surface area (Å²) < 4.78 is 11.4. The molecule has 2 aliphatic rings. The molecule has 0 unspecified atom stereocenters. The van der Waals surface area contributed by atoms with Gasteiger partial charge in [0, 0.05) is 49.9 Å². The molecular formula is C25H36N6O3. The molecule has 0 amide bonds. The number of phenols is 1. The zero-order valence-electron chi connectivity index (χ0n) is 20.3. The predicted octanol–water partition coefficient (Wildman–Crippen LogP) is 3.28. The minimum Gasteiger partial charge on any atom is -0.508 e. The number of aromatic nitrogens is 2. The summed E-state index contributed by atoms with van der Waals surface area (Å²) in [5.74, 6) is 1.77. The highest BCUT2D eigenvalue weighted by atomic mass is 16.5. The lowest BCUT2D eigenvalue weighted by Gasteiger charge is -2.26. The maximum Gasteiger partial charge on any atom is 0.320 e. The van der Waals surface area contributed by atoms with Crippen LogP contribution in [0.25, 0.3) is 0 Å². The van der Waals surface area contributed by atoms with Crippen molar-refractivity contribution in [3.05, 3.63) is 35.4 Å². The van der Waals surface area contributed by atoms with E-state index in [2.05, 4.69) is 39.2 Å². The summed E-state index contributed by atoms with van der Waals surface area (Å²) in [5.41, 5.74) is 5.99. The molecule has 1 aliphatic heterocycles. The molecule has 1 aliphatic carbocycles. The molecule has 2 N–H and O–H groups in total. The van der Waals surface area contributed by atoms with Crippen LogP contribution >= 0.6 is 0 Å². The van der Waals surface area contributed by atoms with Gasteiger partial charge in [0.25, 0.3) is 0 Å². The molecule has 1 aromatic heterocycles. The van der Waals surface area contributed by atoms with E-state index in [0.717, 1.165) is 94.3 Å². The number of fused-ring (bicyclic) bond motifs is 1. The third-order valence-corrected chi connectivity index (χ3v) is 6.12. The molecule has 0 bridgehead atoms.